The van der Waals surface area contributed by atoms with Crippen LogP contribution in [0.2, 0.25) is 0 Å². The third-order valence-electron chi connectivity index (χ3n) is 2.51. The molecule has 0 radical (unpaired) electrons. The Labute approximate surface area is 110 Å². The summed E-state index contributed by atoms with van der Waals surface area (Å²) in [6, 6.07) is 12.6. The Hall–Kier alpha value is -1.87. The van der Waals surface area contributed by atoms with Crippen LogP contribution >= 0.6 is 11.6 Å². The van der Waals surface area contributed by atoms with E-state index in [1.54, 1.807) is 6.07 Å². The van der Waals surface area contributed by atoms with E-state index in [0.29, 0.717) is 12.2 Å². The van der Waals surface area contributed by atoms with Crippen LogP contribution in [0.3, 0.4) is 0 Å². The van der Waals surface area contributed by atoms with E-state index in [-0.39, 0.29) is 23.1 Å². The first-order valence-electron chi connectivity index (χ1n) is 5.48. The fraction of sp³-hybridized carbons (Fsp3) is 0.143. The van der Waals surface area contributed by atoms with Gasteiger partial charge in [-0.1, -0.05) is 30.3 Å². The van der Waals surface area contributed by atoms with Crippen LogP contribution in [0.4, 0.5) is 0 Å². The van der Waals surface area contributed by atoms with E-state index in [2.05, 4.69) is 0 Å². The average Bonchev–Trinajstić information content (AvgIpc) is 2.41. The molecule has 0 unspecified atom stereocenters. The summed E-state index contributed by atoms with van der Waals surface area (Å²) in [4.78, 5) is 0. The highest BCUT2D eigenvalue weighted by molar-refractivity contribution is 6.17. The van der Waals surface area contributed by atoms with E-state index in [9.17, 15) is 10.2 Å². The van der Waals surface area contributed by atoms with Gasteiger partial charge >= 0.3 is 0 Å². The summed E-state index contributed by atoms with van der Waals surface area (Å²) in [5, 5.41) is 19.2. The van der Waals surface area contributed by atoms with Crippen molar-refractivity contribution in [2.24, 2.45) is 0 Å². The van der Waals surface area contributed by atoms with Crippen molar-refractivity contribution in [2.75, 3.05) is 0 Å². The number of hydrogen-bond acceptors (Lipinski definition) is 3. The maximum atomic E-state index is 9.68. The summed E-state index contributed by atoms with van der Waals surface area (Å²) >= 11 is 5.69. The lowest BCUT2D eigenvalue weighted by atomic mass is 10.2. The smallest absolute Gasteiger partial charge is 0.200 e. The van der Waals surface area contributed by atoms with Gasteiger partial charge in [0.1, 0.15) is 6.61 Å². The molecular weight excluding hydrogens is 252 g/mol. The van der Waals surface area contributed by atoms with E-state index >= 15 is 0 Å². The molecule has 0 heterocycles. The van der Waals surface area contributed by atoms with E-state index in [1.165, 1.54) is 6.07 Å². The fourth-order valence-corrected chi connectivity index (χ4v) is 1.73. The lowest BCUT2D eigenvalue weighted by Crippen LogP contribution is -1.96. The second kappa shape index (κ2) is 5.65. The molecule has 3 nitrogen and oxygen atoms in total. The molecule has 0 aliphatic heterocycles. The highest BCUT2D eigenvalue weighted by Gasteiger charge is 2.10. The predicted octanol–water partition coefficient (Wildman–Crippen LogP) is 3.42. The Bertz CT molecular complexity index is 526. The van der Waals surface area contributed by atoms with Crippen LogP contribution in [0.25, 0.3) is 0 Å². The SMILES string of the molecule is Oc1cc(CCl)cc(OCc2ccccc2)c1O. The predicted molar refractivity (Wildman–Crippen MR) is 70.1 cm³/mol. The second-order valence-electron chi connectivity index (χ2n) is 3.87. The zero-order chi connectivity index (χ0) is 13.0. The standard InChI is InChI=1S/C14H13ClO3/c15-8-11-6-12(16)14(17)13(7-11)18-9-10-4-2-1-3-5-10/h1-7,16-17H,8-9H2. The molecule has 4 heteroatoms. The number of rotatable bonds is 4. The molecule has 2 N–H and O–H groups in total. The number of phenolic OH excluding ortho intramolecular Hbond substituents is 2. The maximum absolute atomic E-state index is 9.68. The number of phenols is 2. The van der Waals surface area contributed by atoms with Crippen LogP contribution in [0.5, 0.6) is 17.2 Å². The van der Waals surface area contributed by atoms with Crippen molar-refractivity contribution in [3.05, 3.63) is 53.6 Å². The van der Waals surface area contributed by atoms with E-state index in [4.69, 9.17) is 16.3 Å². The lowest BCUT2D eigenvalue weighted by Gasteiger charge is -2.10. The molecule has 0 aliphatic carbocycles. The highest BCUT2D eigenvalue weighted by atomic mass is 35.5. The molecule has 0 amide bonds. The minimum absolute atomic E-state index is 0.226. The molecule has 0 saturated carbocycles. The number of hydrogen-bond donors (Lipinski definition) is 2. The maximum Gasteiger partial charge on any atom is 0.200 e. The third-order valence-corrected chi connectivity index (χ3v) is 2.81. The van der Waals surface area contributed by atoms with Gasteiger partial charge in [0.05, 0.1) is 0 Å². The summed E-state index contributed by atoms with van der Waals surface area (Å²) in [5.41, 5.74) is 1.67. The molecule has 18 heavy (non-hydrogen) atoms. The van der Waals surface area contributed by atoms with Crippen LogP contribution in [0, 0.1) is 0 Å². The topological polar surface area (TPSA) is 49.7 Å². The van der Waals surface area contributed by atoms with Crippen molar-refractivity contribution in [3.8, 4) is 17.2 Å². The Morgan fingerprint density at radius 3 is 2.39 bits per heavy atom. The van der Waals surface area contributed by atoms with Gasteiger partial charge in [0.2, 0.25) is 5.75 Å². The van der Waals surface area contributed by atoms with Crippen LogP contribution in [-0.4, -0.2) is 10.2 Å². The number of benzene rings is 2. The van der Waals surface area contributed by atoms with E-state index < -0.39 is 0 Å². The Balaban J connectivity index is 2.16. The Morgan fingerprint density at radius 1 is 1.00 bits per heavy atom. The largest absolute Gasteiger partial charge is 0.504 e. The van der Waals surface area contributed by atoms with Crippen LogP contribution in [-0.2, 0) is 12.5 Å². The van der Waals surface area contributed by atoms with Gasteiger partial charge in [-0.3, -0.25) is 0 Å². The van der Waals surface area contributed by atoms with Crippen molar-refractivity contribution < 1.29 is 14.9 Å². The normalized spacial score (nSPS) is 10.3. The van der Waals surface area contributed by atoms with E-state index in [1.807, 2.05) is 30.3 Å². The first-order chi connectivity index (χ1) is 8.70. The van der Waals surface area contributed by atoms with Gasteiger partial charge < -0.3 is 14.9 Å². The number of halogens is 1. The first-order valence-corrected chi connectivity index (χ1v) is 6.01. The molecule has 0 bridgehead atoms. The zero-order valence-corrected chi connectivity index (χ0v) is 10.4. The molecule has 2 aromatic rings. The zero-order valence-electron chi connectivity index (χ0n) is 9.64. The van der Waals surface area contributed by atoms with Gasteiger partial charge in [-0.2, -0.15) is 0 Å². The molecule has 0 saturated heterocycles. The Morgan fingerprint density at radius 2 is 1.72 bits per heavy atom. The third kappa shape index (κ3) is 2.87. The van der Waals surface area contributed by atoms with Crippen molar-refractivity contribution in [2.45, 2.75) is 12.5 Å². The van der Waals surface area contributed by atoms with Crippen molar-refractivity contribution in [1.82, 2.24) is 0 Å². The van der Waals surface area contributed by atoms with Gasteiger partial charge in [0, 0.05) is 5.88 Å². The summed E-state index contributed by atoms with van der Waals surface area (Å²) in [5.74, 6) is -0.0132. The van der Waals surface area contributed by atoms with Crippen LogP contribution < -0.4 is 4.74 Å². The minimum atomic E-state index is -0.264. The van der Waals surface area contributed by atoms with Crippen molar-refractivity contribution in [1.29, 1.82) is 0 Å². The molecule has 94 valence electrons. The molecule has 2 aromatic carbocycles. The van der Waals surface area contributed by atoms with Crippen LogP contribution in [0.1, 0.15) is 11.1 Å². The van der Waals surface area contributed by atoms with Gasteiger partial charge in [0.15, 0.2) is 11.5 Å². The monoisotopic (exact) mass is 264 g/mol. The van der Waals surface area contributed by atoms with Gasteiger partial charge in [-0.05, 0) is 23.3 Å². The summed E-state index contributed by atoms with van der Waals surface area (Å²) in [7, 11) is 0. The molecule has 2 rings (SSSR count). The second-order valence-corrected chi connectivity index (χ2v) is 4.14. The lowest BCUT2D eigenvalue weighted by molar-refractivity contribution is 0.282. The molecule has 0 aromatic heterocycles. The molecule has 0 atom stereocenters. The number of aromatic hydroxyl groups is 2. The summed E-state index contributed by atoms with van der Waals surface area (Å²) < 4.78 is 5.48. The summed E-state index contributed by atoms with van der Waals surface area (Å²) in [6.07, 6.45) is 0. The minimum Gasteiger partial charge on any atom is -0.504 e. The van der Waals surface area contributed by atoms with Gasteiger partial charge in [-0.25, -0.2) is 0 Å². The molecular formula is C14H13ClO3. The molecule has 0 spiro atoms. The van der Waals surface area contributed by atoms with Gasteiger partial charge in [0.25, 0.3) is 0 Å². The highest BCUT2D eigenvalue weighted by Crippen LogP contribution is 2.37. The van der Waals surface area contributed by atoms with Crippen molar-refractivity contribution >= 4 is 11.6 Å². The summed E-state index contributed by atoms with van der Waals surface area (Å²) in [6.45, 7) is 0.319. The molecule has 0 aliphatic rings. The fourth-order valence-electron chi connectivity index (χ4n) is 1.57. The van der Waals surface area contributed by atoms with E-state index in [0.717, 1.165) is 5.56 Å². The number of ether oxygens (including phenoxy) is 1. The van der Waals surface area contributed by atoms with Gasteiger partial charge in [-0.15, -0.1) is 11.6 Å². The Kier molecular flexibility index (Phi) is 3.95. The van der Waals surface area contributed by atoms with Crippen LogP contribution in [0.15, 0.2) is 42.5 Å². The average molecular weight is 265 g/mol. The number of alkyl halides is 1. The quantitative estimate of drug-likeness (QED) is 0.657. The van der Waals surface area contributed by atoms with Crippen molar-refractivity contribution in [3.63, 3.8) is 0 Å². The first kappa shape index (κ1) is 12.6. The molecule has 0 fully saturated rings.